The largest absolute Gasteiger partial charge is 0.370 e. The van der Waals surface area contributed by atoms with Crippen molar-refractivity contribution in [2.75, 3.05) is 35.4 Å². The van der Waals surface area contributed by atoms with Gasteiger partial charge in [0.2, 0.25) is 5.95 Å². The van der Waals surface area contributed by atoms with Gasteiger partial charge in [0.1, 0.15) is 18.8 Å². The normalized spacial score (nSPS) is 16.1. The molecule has 2 aliphatic rings. The summed E-state index contributed by atoms with van der Waals surface area (Å²) in [6.45, 7) is 2.11. The number of rotatable bonds is 8. The molecule has 8 nitrogen and oxygen atoms in total. The van der Waals surface area contributed by atoms with E-state index in [1.54, 1.807) is 6.34 Å². The Morgan fingerprint density at radius 3 is 2.77 bits per heavy atom. The molecule has 0 saturated heterocycles. The number of nitrogens with two attached hydrogens (primary N) is 1. The van der Waals surface area contributed by atoms with E-state index in [1.165, 1.54) is 18.4 Å². The number of nitrogens with zero attached hydrogens (tertiary/aromatic N) is 4. The van der Waals surface area contributed by atoms with E-state index in [2.05, 4.69) is 31.0 Å². The Balaban J connectivity index is 1.46. The highest BCUT2D eigenvalue weighted by Gasteiger charge is 2.27. The van der Waals surface area contributed by atoms with Crippen LogP contribution >= 0.6 is 0 Å². The van der Waals surface area contributed by atoms with Crippen molar-refractivity contribution in [3.8, 4) is 0 Å². The molecule has 0 unspecified atom stereocenters. The molecule has 136 valence electrons. The zero-order valence-electron chi connectivity index (χ0n) is 14.7. The molecule has 2 heterocycles. The van der Waals surface area contributed by atoms with E-state index < -0.39 is 0 Å². The van der Waals surface area contributed by atoms with Crippen LogP contribution in [0, 0.1) is 0 Å². The van der Waals surface area contributed by atoms with Crippen molar-refractivity contribution < 1.29 is 0 Å². The minimum atomic E-state index is 0.596. The molecule has 1 aliphatic carbocycles. The maximum absolute atomic E-state index is 5.59. The van der Waals surface area contributed by atoms with Crippen molar-refractivity contribution in [2.45, 2.75) is 25.2 Å². The highest BCUT2D eigenvalue weighted by atomic mass is 15.6. The van der Waals surface area contributed by atoms with E-state index in [0.717, 1.165) is 30.2 Å². The third-order valence-corrected chi connectivity index (χ3v) is 4.44. The lowest BCUT2D eigenvalue weighted by Gasteiger charge is -2.15. The second kappa shape index (κ2) is 7.67. The summed E-state index contributed by atoms with van der Waals surface area (Å²) < 4.78 is 0. The molecule has 0 spiro atoms. The first-order chi connectivity index (χ1) is 12.8. The second-order valence-electron chi connectivity index (χ2n) is 6.50. The quantitative estimate of drug-likeness (QED) is 0.540. The Morgan fingerprint density at radius 1 is 1.23 bits per heavy atom. The molecule has 5 N–H and O–H groups in total. The fraction of sp³-hybridized carbons (Fsp3) is 0.389. The van der Waals surface area contributed by atoms with Gasteiger partial charge in [-0.2, -0.15) is 4.98 Å². The van der Waals surface area contributed by atoms with Crippen LogP contribution in [0.25, 0.3) is 0 Å². The topological polar surface area (TPSA) is 103 Å². The van der Waals surface area contributed by atoms with Crippen LogP contribution < -0.4 is 26.8 Å². The van der Waals surface area contributed by atoms with Gasteiger partial charge in [-0.3, -0.25) is 10.0 Å². The van der Waals surface area contributed by atoms with Gasteiger partial charge < -0.3 is 16.4 Å². The standard InChI is InChI=1S/C18H24N8/c19-8-1-9-21-17-16(13-2-3-13)10-22-18(25-17)24-14-4-6-15(7-5-14)26-12-20-11-23-26/h4-7,10,12-13,23H,1-3,8-9,11,19H2,(H2,21,22,24,25). The molecule has 2 aromatic rings. The van der Waals surface area contributed by atoms with E-state index in [1.807, 2.05) is 35.5 Å². The molecule has 0 radical (unpaired) electrons. The van der Waals surface area contributed by atoms with Gasteiger partial charge >= 0.3 is 0 Å². The molecule has 1 saturated carbocycles. The summed E-state index contributed by atoms with van der Waals surface area (Å²) in [6, 6.07) is 8.04. The Morgan fingerprint density at radius 2 is 2.08 bits per heavy atom. The van der Waals surface area contributed by atoms with Crippen LogP contribution in [-0.2, 0) is 0 Å². The lowest BCUT2D eigenvalue weighted by molar-refractivity contribution is 0.797. The van der Waals surface area contributed by atoms with Crippen molar-refractivity contribution in [1.82, 2.24) is 15.4 Å². The van der Waals surface area contributed by atoms with Crippen LogP contribution in [0.4, 0.5) is 23.1 Å². The van der Waals surface area contributed by atoms with Gasteiger partial charge in [0.15, 0.2) is 0 Å². The predicted molar refractivity (Wildman–Crippen MR) is 105 cm³/mol. The van der Waals surface area contributed by atoms with Gasteiger partial charge in [-0.15, -0.1) is 0 Å². The first-order valence-electron chi connectivity index (χ1n) is 9.04. The van der Waals surface area contributed by atoms with Crippen molar-refractivity contribution in [2.24, 2.45) is 10.7 Å². The Kier molecular flexibility index (Phi) is 4.94. The Bertz CT molecular complexity index is 769. The maximum atomic E-state index is 5.59. The number of anilines is 4. The third-order valence-electron chi connectivity index (χ3n) is 4.44. The Hall–Kier alpha value is -2.71. The summed E-state index contributed by atoms with van der Waals surface area (Å²) >= 11 is 0. The molecule has 4 rings (SSSR count). The first kappa shape index (κ1) is 16.7. The van der Waals surface area contributed by atoms with E-state index in [-0.39, 0.29) is 0 Å². The third kappa shape index (κ3) is 3.92. The summed E-state index contributed by atoms with van der Waals surface area (Å²) in [4.78, 5) is 13.3. The number of aliphatic imine (C=N–C) groups is 1. The molecule has 1 fully saturated rings. The number of hydrogen-bond acceptors (Lipinski definition) is 8. The van der Waals surface area contributed by atoms with E-state index in [9.17, 15) is 0 Å². The second-order valence-corrected chi connectivity index (χ2v) is 6.50. The van der Waals surface area contributed by atoms with Crippen LogP contribution in [0.2, 0.25) is 0 Å². The van der Waals surface area contributed by atoms with Gasteiger partial charge in [-0.25, -0.2) is 10.4 Å². The van der Waals surface area contributed by atoms with Gasteiger partial charge in [-0.05, 0) is 56.0 Å². The summed E-state index contributed by atoms with van der Waals surface area (Å²) in [5, 5.41) is 8.58. The molecule has 0 bridgehead atoms. The van der Waals surface area contributed by atoms with Gasteiger partial charge in [-0.1, -0.05) is 0 Å². The zero-order chi connectivity index (χ0) is 17.8. The zero-order valence-corrected chi connectivity index (χ0v) is 14.7. The summed E-state index contributed by atoms with van der Waals surface area (Å²) in [5.74, 6) is 2.11. The van der Waals surface area contributed by atoms with Crippen molar-refractivity contribution in [3.63, 3.8) is 0 Å². The van der Waals surface area contributed by atoms with E-state index in [4.69, 9.17) is 5.73 Å². The van der Waals surface area contributed by atoms with Gasteiger partial charge in [0, 0.05) is 24.0 Å². The van der Waals surface area contributed by atoms with E-state index >= 15 is 0 Å². The number of nitrogens with one attached hydrogen (secondary N) is 3. The molecule has 1 aliphatic heterocycles. The predicted octanol–water partition coefficient (Wildman–Crippen LogP) is 2.17. The van der Waals surface area contributed by atoms with Gasteiger partial charge in [0.25, 0.3) is 0 Å². The fourth-order valence-electron chi connectivity index (χ4n) is 2.87. The molecular weight excluding hydrogens is 328 g/mol. The van der Waals surface area contributed by atoms with Crippen LogP contribution in [0.5, 0.6) is 0 Å². The maximum Gasteiger partial charge on any atom is 0.229 e. The molecule has 0 atom stereocenters. The average Bonchev–Trinajstić information content (AvgIpc) is 3.36. The van der Waals surface area contributed by atoms with Crippen molar-refractivity contribution in [1.29, 1.82) is 0 Å². The molecule has 26 heavy (non-hydrogen) atoms. The molecule has 1 aromatic carbocycles. The van der Waals surface area contributed by atoms with Crippen LogP contribution in [0.3, 0.4) is 0 Å². The van der Waals surface area contributed by atoms with Crippen LogP contribution in [-0.4, -0.2) is 36.1 Å². The van der Waals surface area contributed by atoms with Crippen molar-refractivity contribution >= 4 is 29.5 Å². The SMILES string of the molecule is NCCCNc1nc(Nc2ccc(N3C=NCN3)cc2)ncc1C1CC1. The number of aromatic nitrogens is 2. The first-order valence-corrected chi connectivity index (χ1v) is 9.04. The highest BCUT2D eigenvalue weighted by Crippen LogP contribution is 2.42. The van der Waals surface area contributed by atoms with E-state index in [0.29, 0.717) is 25.1 Å². The van der Waals surface area contributed by atoms with Crippen molar-refractivity contribution in [3.05, 3.63) is 36.0 Å². The summed E-state index contributed by atoms with van der Waals surface area (Å²) in [7, 11) is 0. The molecular formula is C18H24N8. The smallest absolute Gasteiger partial charge is 0.229 e. The molecule has 1 aromatic heterocycles. The minimum absolute atomic E-state index is 0.596. The van der Waals surface area contributed by atoms with Crippen LogP contribution in [0.15, 0.2) is 35.5 Å². The summed E-state index contributed by atoms with van der Waals surface area (Å²) in [6.07, 6.45) is 7.08. The molecule has 8 heteroatoms. The lowest BCUT2D eigenvalue weighted by atomic mass is 10.2. The molecule has 0 amide bonds. The van der Waals surface area contributed by atoms with Gasteiger partial charge in [0.05, 0.1) is 5.69 Å². The number of hydrazine groups is 1. The summed E-state index contributed by atoms with van der Waals surface area (Å²) in [5.41, 5.74) is 11.9. The highest BCUT2D eigenvalue weighted by molar-refractivity contribution is 5.80. The monoisotopic (exact) mass is 352 g/mol. The number of benzene rings is 1. The Labute approximate surface area is 152 Å². The lowest BCUT2D eigenvalue weighted by Crippen LogP contribution is -2.30. The average molecular weight is 352 g/mol. The van der Waals surface area contributed by atoms with Crippen LogP contribution in [0.1, 0.15) is 30.7 Å². The fourth-order valence-corrected chi connectivity index (χ4v) is 2.87. The minimum Gasteiger partial charge on any atom is -0.370 e. The number of hydrogen-bond donors (Lipinski definition) is 4.